The first kappa shape index (κ1) is 24.3. The van der Waals surface area contributed by atoms with E-state index in [0.29, 0.717) is 17.5 Å². The molecule has 2 amide bonds. The van der Waals surface area contributed by atoms with Gasteiger partial charge in [0.05, 0.1) is 12.2 Å². The zero-order valence-electron chi connectivity index (χ0n) is 19.2. The van der Waals surface area contributed by atoms with Gasteiger partial charge in [0.2, 0.25) is 11.8 Å². The molecular weight excluding hydrogens is 434 g/mol. The van der Waals surface area contributed by atoms with Gasteiger partial charge in [-0.3, -0.25) is 9.59 Å². The van der Waals surface area contributed by atoms with E-state index in [2.05, 4.69) is 27.4 Å². The predicted molar refractivity (Wildman–Crippen MR) is 134 cm³/mol. The van der Waals surface area contributed by atoms with E-state index in [1.165, 1.54) is 11.8 Å². The first-order valence-electron chi connectivity index (χ1n) is 10.8. The molecule has 33 heavy (non-hydrogen) atoms. The second-order valence-electron chi connectivity index (χ2n) is 7.64. The summed E-state index contributed by atoms with van der Waals surface area (Å²) in [5.41, 5.74) is 4.74. The normalized spacial score (nSPS) is 10.6. The lowest BCUT2D eigenvalue weighted by atomic mass is 10.1. The van der Waals surface area contributed by atoms with Gasteiger partial charge >= 0.3 is 0 Å². The highest BCUT2D eigenvalue weighted by molar-refractivity contribution is 7.99. The van der Waals surface area contributed by atoms with Crippen molar-refractivity contribution in [1.82, 2.24) is 14.8 Å². The number of aromatic nitrogens is 3. The Balaban J connectivity index is 1.65. The highest BCUT2D eigenvalue weighted by atomic mass is 32.2. The van der Waals surface area contributed by atoms with Crippen LogP contribution in [0.15, 0.2) is 60.3 Å². The van der Waals surface area contributed by atoms with Crippen molar-refractivity contribution >= 4 is 35.0 Å². The van der Waals surface area contributed by atoms with Gasteiger partial charge in [0.15, 0.2) is 5.16 Å². The topological polar surface area (TPSA) is 88.9 Å². The molecule has 0 saturated carbocycles. The predicted octanol–water partition coefficient (Wildman–Crippen LogP) is 4.56. The van der Waals surface area contributed by atoms with Gasteiger partial charge in [0, 0.05) is 17.9 Å². The van der Waals surface area contributed by atoms with Crippen molar-refractivity contribution in [3.63, 3.8) is 0 Å². The van der Waals surface area contributed by atoms with Gasteiger partial charge in [-0.05, 0) is 43.0 Å². The maximum atomic E-state index is 12.7. The molecule has 0 saturated heterocycles. The second-order valence-corrected chi connectivity index (χ2v) is 8.58. The van der Waals surface area contributed by atoms with Crippen molar-refractivity contribution in [3.05, 3.63) is 77.6 Å². The summed E-state index contributed by atoms with van der Waals surface area (Å²) in [5.74, 6) is 0.414. The molecule has 3 aromatic rings. The number of hydrogen-bond acceptors (Lipinski definition) is 5. The number of nitrogens with zero attached hydrogens (tertiary/aromatic N) is 3. The largest absolute Gasteiger partial charge is 0.325 e. The molecule has 3 rings (SSSR count). The van der Waals surface area contributed by atoms with Crippen LogP contribution in [0.2, 0.25) is 0 Å². The molecule has 0 aliphatic rings. The summed E-state index contributed by atoms with van der Waals surface area (Å²) in [4.78, 5) is 25.2. The van der Waals surface area contributed by atoms with E-state index in [4.69, 9.17) is 0 Å². The number of nitrogens with one attached hydrogen (secondary N) is 2. The van der Waals surface area contributed by atoms with E-state index in [0.717, 1.165) is 34.5 Å². The molecule has 0 aliphatic carbocycles. The number of carbonyl (C=O) groups excluding carboxylic acids is 2. The Kier molecular flexibility index (Phi) is 8.43. The van der Waals surface area contributed by atoms with Gasteiger partial charge in [-0.25, -0.2) is 0 Å². The minimum Gasteiger partial charge on any atom is -0.325 e. The molecule has 8 heteroatoms. The van der Waals surface area contributed by atoms with Crippen LogP contribution in [-0.2, 0) is 29.0 Å². The van der Waals surface area contributed by atoms with Crippen LogP contribution >= 0.6 is 11.8 Å². The Morgan fingerprint density at radius 3 is 2.45 bits per heavy atom. The average Bonchev–Trinajstić information content (AvgIpc) is 3.16. The van der Waals surface area contributed by atoms with Crippen molar-refractivity contribution < 1.29 is 9.59 Å². The van der Waals surface area contributed by atoms with Crippen molar-refractivity contribution in [3.8, 4) is 0 Å². The van der Waals surface area contributed by atoms with Crippen LogP contribution < -0.4 is 10.6 Å². The third-order valence-corrected chi connectivity index (χ3v) is 6.14. The molecule has 0 atom stereocenters. The summed E-state index contributed by atoms with van der Waals surface area (Å²) >= 11 is 1.28. The molecule has 1 aromatic heterocycles. The first-order chi connectivity index (χ1) is 15.9. The number of anilines is 2. The maximum absolute atomic E-state index is 12.7. The van der Waals surface area contributed by atoms with E-state index < -0.39 is 0 Å². The van der Waals surface area contributed by atoms with Crippen LogP contribution in [0, 0.1) is 13.8 Å². The fourth-order valence-corrected chi connectivity index (χ4v) is 4.24. The standard InChI is InChI=1S/C25H29N5O2S/c1-5-14-30-21(15-22(31)26-20-13-8-7-12-19(20)6-2)28-29-25(30)33-16-23(32)27-24-17(3)10-9-11-18(24)4/h5,7-13H,1,6,14-16H2,2-4H3,(H,26,31)(H,27,32). The molecule has 0 unspecified atom stereocenters. The summed E-state index contributed by atoms with van der Waals surface area (Å²) in [5, 5.41) is 14.9. The van der Waals surface area contributed by atoms with E-state index in [1.807, 2.05) is 67.8 Å². The Morgan fingerprint density at radius 1 is 1.03 bits per heavy atom. The SMILES string of the molecule is C=CCn1c(CC(=O)Nc2ccccc2CC)nnc1SCC(=O)Nc1c(C)cccc1C. The molecule has 2 N–H and O–H groups in total. The Labute approximate surface area is 198 Å². The minimum absolute atomic E-state index is 0.0774. The summed E-state index contributed by atoms with van der Waals surface area (Å²) in [7, 11) is 0. The molecule has 0 fully saturated rings. The number of carbonyl (C=O) groups is 2. The van der Waals surface area contributed by atoms with E-state index in [-0.39, 0.29) is 24.0 Å². The molecule has 0 radical (unpaired) electrons. The molecule has 1 heterocycles. The number of aryl methyl sites for hydroxylation is 3. The number of amides is 2. The van der Waals surface area contributed by atoms with Crippen LogP contribution in [0.5, 0.6) is 0 Å². The molecule has 7 nitrogen and oxygen atoms in total. The molecule has 2 aromatic carbocycles. The smallest absolute Gasteiger partial charge is 0.234 e. The summed E-state index contributed by atoms with van der Waals surface area (Å²) < 4.78 is 1.81. The fourth-order valence-electron chi connectivity index (χ4n) is 3.47. The molecule has 0 spiro atoms. The number of hydrogen-bond donors (Lipinski definition) is 2. The fraction of sp³-hybridized carbons (Fsp3) is 0.280. The summed E-state index contributed by atoms with van der Waals surface area (Å²) in [6.07, 6.45) is 2.63. The molecular formula is C25H29N5O2S. The third-order valence-electron chi connectivity index (χ3n) is 5.17. The van der Waals surface area contributed by atoms with Crippen molar-refractivity contribution in [2.45, 2.75) is 45.3 Å². The first-order valence-corrected chi connectivity index (χ1v) is 11.8. The highest BCUT2D eigenvalue weighted by Crippen LogP contribution is 2.22. The lowest BCUT2D eigenvalue weighted by molar-refractivity contribution is -0.116. The number of rotatable bonds is 10. The Bertz CT molecular complexity index is 1140. The van der Waals surface area contributed by atoms with Gasteiger partial charge < -0.3 is 15.2 Å². The number of para-hydroxylation sites is 2. The van der Waals surface area contributed by atoms with Crippen LogP contribution in [0.1, 0.15) is 29.4 Å². The quantitative estimate of drug-likeness (QED) is 0.340. The summed E-state index contributed by atoms with van der Waals surface area (Å²) in [6.45, 7) is 10.2. The monoisotopic (exact) mass is 463 g/mol. The van der Waals surface area contributed by atoms with Crippen LogP contribution in [0.4, 0.5) is 11.4 Å². The van der Waals surface area contributed by atoms with Crippen LogP contribution in [0.3, 0.4) is 0 Å². The molecule has 172 valence electrons. The van der Waals surface area contributed by atoms with Crippen LogP contribution in [0.25, 0.3) is 0 Å². The van der Waals surface area contributed by atoms with Crippen molar-refractivity contribution in [1.29, 1.82) is 0 Å². The zero-order valence-corrected chi connectivity index (χ0v) is 20.0. The Hall–Kier alpha value is -3.39. The van der Waals surface area contributed by atoms with E-state index >= 15 is 0 Å². The van der Waals surface area contributed by atoms with Gasteiger partial charge in [-0.15, -0.1) is 16.8 Å². The maximum Gasteiger partial charge on any atom is 0.234 e. The van der Waals surface area contributed by atoms with Gasteiger partial charge in [-0.2, -0.15) is 0 Å². The van der Waals surface area contributed by atoms with Gasteiger partial charge in [0.1, 0.15) is 5.82 Å². The lowest BCUT2D eigenvalue weighted by Gasteiger charge is -2.12. The Morgan fingerprint density at radius 2 is 1.76 bits per heavy atom. The van der Waals surface area contributed by atoms with Crippen molar-refractivity contribution in [2.24, 2.45) is 0 Å². The molecule has 0 bridgehead atoms. The lowest BCUT2D eigenvalue weighted by Crippen LogP contribution is -2.19. The molecule has 0 aliphatic heterocycles. The van der Waals surface area contributed by atoms with Crippen molar-refractivity contribution in [2.75, 3.05) is 16.4 Å². The third kappa shape index (κ3) is 6.32. The number of thioether (sulfide) groups is 1. The highest BCUT2D eigenvalue weighted by Gasteiger charge is 2.17. The zero-order chi connectivity index (χ0) is 23.8. The van der Waals surface area contributed by atoms with E-state index in [1.54, 1.807) is 6.08 Å². The number of allylic oxidation sites excluding steroid dienone is 1. The second kappa shape index (κ2) is 11.5. The average molecular weight is 464 g/mol. The number of benzene rings is 2. The van der Waals surface area contributed by atoms with E-state index in [9.17, 15) is 9.59 Å². The van der Waals surface area contributed by atoms with Crippen LogP contribution in [-0.4, -0.2) is 32.3 Å². The van der Waals surface area contributed by atoms with Gasteiger partial charge in [0.25, 0.3) is 0 Å². The summed E-state index contributed by atoms with van der Waals surface area (Å²) in [6, 6.07) is 13.6. The minimum atomic E-state index is -0.169. The van der Waals surface area contributed by atoms with Gasteiger partial charge in [-0.1, -0.05) is 61.2 Å².